The molecule has 1 spiro atoms. The van der Waals surface area contributed by atoms with Crippen molar-refractivity contribution in [2.24, 2.45) is 11.3 Å². The Bertz CT molecular complexity index is 1700. The number of hydrogen-bond acceptors (Lipinski definition) is 4. The van der Waals surface area contributed by atoms with Gasteiger partial charge in [0.1, 0.15) is 11.6 Å². The highest BCUT2D eigenvalue weighted by atomic mass is 15.0. The number of imidazole rings is 2. The third-order valence-corrected chi connectivity index (χ3v) is 11.3. The number of aromatic amines is 2. The van der Waals surface area contributed by atoms with Gasteiger partial charge < -0.3 is 20.6 Å². The van der Waals surface area contributed by atoms with Gasteiger partial charge in [0.15, 0.2) is 0 Å². The molecule has 2 atom stereocenters. The Hall–Kier alpha value is -3.48. The Kier molecular flexibility index (Phi) is 6.06. The van der Waals surface area contributed by atoms with Crippen molar-refractivity contribution < 1.29 is 0 Å². The lowest BCUT2D eigenvalue weighted by atomic mass is 9.69. The molecule has 2 aliphatic carbocycles. The van der Waals surface area contributed by atoms with Crippen molar-refractivity contribution in [2.75, 3.05) is 13.1 Å². The van der Waals surface area contributed by atoms with Crippen LogP contribution >= 0.6 is 0 Å². The van der Waals surface area contributed by atoms with Crippen LogP contribution in [0.4, 0.5) is 0 Å². The summed E-state index contributed by atoms with van der Waals surface area (Å²) < 4.78 is 0. The van der Waals surface area contributed by atoms with E-state index in [1.54, 1.807) is 11.1 Å². The molecular weight excluding hydrogens is 528 g/mol. The lowest BCUT2D eigenvalue weighted by Crippen LogP contribution is -2.27. The van der Waals surface area contributed by atoms with Gasteiger partial charge >= 0.3 is 0 Å². The average molecular weight is 571 g/mol. The standard InChI is InChI=1S/C37H42N6/c1-22-12-14-37(15-13-22)20-27-25(23-6-10-29-33(18-23)42-35(40-29)31-4-2-16-38-31)8-9-26(28(27)21-37)24-7-11-30-34(19-24)43-36(41-30)32-5-3-17-39-32/h6-11,18-19,22,31-32,38-39H,2-5,12-17,20-21H2,1H3,(H,40,42)(H,41,43). The minimum atomic E-state index is 0.352. The minimum absolute atomic E-state index is 0.352. The van der Waals surface area contributed by atoms with Crippen LogP contribution in [0.2, 0.25) is 0 Å². The zero-order valence-electron chi connectivity index (χ0n) is 25.2. The fraction of sp³-hybridized carbons (Fsp3) is 0.459. The van der Waals surface area contributed by atoms with Crippen LogP contribution in [0, 0.1) is 11.3 Å². The maximum Gasteiger partial charge on any atom is 0.124 e. The molecule has 3 aromatic carbocycles. The normalized spacial score (nSPS) is 27.1. The first-order valence-electron chi connectivity index (χ1n) is 16.7. The molecule has 2 unspecified atom stereocenters. The van der Waals surface area contributed by atoms with Crippen molar-refractivity contribution in [3.05, 3.63) is 71.3 Å². The Labute approximate surface area is 253 Å². The van der Waals surface area contributed by atoms with E-state index in [2.05, 4.69) is 76.1 Å². The SMILES string of the molecule is CC1CCC2(CC1)Cc1c(-c3ccc4nc(C5CCCN5)[nH]c4c3)ccc(-c3ccc4nc(C5CCCN5)[nH]c4c3)c1C2. The molecule has 2 aliphatic heterocycles. The highest BCUT2D eigenvalue weighted by Crippen LogP contribution is 2.53. The molecule has 6 nitrogen and oxygen atoms in total. The molecule has 4 N–H and O–H groups in total. The summed E-state index contributed by atoms with van der Waals surface area (Å²) >= 11 is 0. The Morgan fingerprint density at radius 3 is 1.63 bits per heavy atom. The highest BCUT2D eigenvalue weighted by molar-refractivity contribution is 5.87. The fourth-order valence-electron chi connectivity index (χ4n) is 8.74. The van der Waals surface area contributed by atoms with Crippen LogP contribution in [-0.4, -0.2) is 33.0 Å². The lowest BCUT2D eigenvalue weighted by Gasteiger charge is -2.36. The first-order chi connectivity index (χ1) is 21.1. The molecule has 4 aliphatic rings. The predicted octanol–water partition coefficient (Wildman–Crippen LogP) is 7.92. The third kappa shape index (κ3) is 4.44. The number of hydrogen-bond donors (Lipinski definition) is 4. The summed E-state index contributed by atoms with van der Waals surface area (Å²) in [6.45, 7) is 4.60. The van der Waals surface area contributed by atoms with Crippen molar-refractivity contribution in [3.8, 4) is 22.3 Å². The van der Waals surface area contributed by atoms with Gasteiger partial charge in [0, 0.05) is 0 Å². The van der Waals surface area contributed by atoms with E-state index in [4.69, 9.17) is 9.97 Å². The number of rotatable bonds is 4. The Morgan fingerprint density at radius 2 is 1.16 bits per heavy atom. The average Bonchev–Trinajstić information content (AvgIpc) is 3.86. The van der Waals surface area contributed by atoms with Gasteiger partial charge in [0.25, 0.3) is 0 Å². The van der Waals surface area contributed by atoms with E-state index < -0.39 is 0 Å². The van der Waals surface area contributed by atoms with E-state index in [9.17, 15) is 0 Å². The molecule has 0 amide bonds. The van der Waals surface area contributed by atoms with Gasteiger partial charge in [-0.1, -0.05) is 44.0 Å². The Morgan fingerprint density at radius 1 is 0.651 bits per heavy atom. The summed E-state index contributed by atoms with van der Waals surface area (Å²) in [5, 5.41) is 7.19. The minimum Gasteiger partial charge on any atom is -0.341 e. The Balaban J connectivity index is 1.13. The van der Waals surface area contributed by atoms with Crippen LogP contribution in [0.3, 0.4) is 0 Å². The van der Waals surface area contributed by atoms with E-state index in [0.717, 1.165) is 65.6 Å². The molecule has 43 heavy (non-hydrogen) atoms. The number of aromatic nitrogens is 4. The van der Waals surface area contributed by atoms with Crippen molar-refractivity contribution in [3.63, 3.8) is 0 Å². The predicted molar refractivity (Wildman–Crippen MR) is 174 cm³/mol. The van der Waals surface area contributed by atoms with E-state index in [-0.39, 0.29) is 0 Å². The summed E-state index contributed by atoms with van der Waals surface area (Å²) in [6.07, 6.45) is 12.5. The molecule has 2 aromatic heterocycles. The second kappa shape index (κ2) is 10.0. The van der Waals surface area contributed by atoms with E-state index in [0.29, 0.717) is 17.5 Å². The molecule has 1 saturated carbocycles. The van der Waals surface area contributed by atoms with Crippen LogP contribution in [0.25, 0.3) is 44.3 Å². The van der Waals surface area contributed by atoms with Gasteiger partial charge in [0.05, 0.1) is 34.2 Å². The molecule has 4 heterocycles. The van der Waals surface area contributed by atoms with Gasteiger partial charge in [-0.2, -0.15) is 0 Å². The maximum atomic E-state index is 4.95. The monoisotopic (exact) mass is 570 g/mol. The van der Waals surface area contributed by atoms with Crippen LogP contribution in [0.5, 0.6) is 0 Å². The van der Waals surface area contributed by atoms with Crippen LogP contribution in [0.15, 0.2) is 48.5 Å². The van der Waals surface area contributed by atoms with Gasteiger partial charge in [-0.05, 0) is 133 Å². The zero-order valence-corrected chi connectivity index (χ0v) is 25.2. The van der Waals surface area contributed by atoms with Gasteiger partial charge in [-0.25, -0.2) is 9.97 Å². The quantitative estimate of drug-likeness (QED) is 0.177. The molecule has 3 fully saturated rings. The van der Waals surface area contributed by atoms with Crippen molar-refractivity contribution in [1.29, 1.82) is 0 Å². The summed E-state index contributed by atoms with van der Waals surface area (Å²) in [5.74, 6) is 3.02. The summed E-state index contributed by atoms with van der Waals surface area (Å²) in [4.78, 5) is 17.2. The molecular formula is C37H42N6. The molecule has 0 radical (unpaired) electrons. The largest absolute Gasteiger partial charge is 0.341 e. The summed E-state index contributed by atoms with van der Waals surface area (Å²) in [6, 6.07) is 19.2. The molecule has 220 valence electrons. The van der Waals surface area contributed by atoms with Crippen molar-refractivity contribution >= 4 is 22.1 Å². The first-order valence-corrected chi connectivity index (χ1v) is 16.7. The second-order valence-corrected chi connectivity index (χ2v) is 14.2. The lowest BCUT2D eigenvalue weighted by molar-refractivity contribution is 0.167. The van der Waals surface area contributed by atoms with Crippen LogP contribution in [-0.2, 0) is 12.8 Å². The maximum absolute atomic E-state index is 4.95. The molecule has 6 heteroatoms. The number of benzene rings is 3. The van der Waals surface area contributed by atoms with Gasteiger partial charge in [-0.3, -0.25) is 0 Å². The number of nitrogens with zero attached hydrogens (tertiary/aromatic N) is 2. The molecule has 2 saturated heterocycles. The van der Waals surface area contributed by atoms with E-state index in [1.807, 2.05) is 0 Å². The third-order valence-electron chi connectivity index (χ3n) is 11.3. The molecule has 5 aromatic rings. The number of fused-ring (bicyclic) bond motifs is 3. The smallest absolute Gasteiger partial charge is 0.124 e. The summed E-state index contributed by atoms with van der Waals surface area (Å²) in [5.41, 5.74) is 13.4. The molecule has 9 rings (SSSR count). The van der Waals surface area contributed by atoms with Gasteiger partial charge in [-0.15, -0.1) is 0 Å². The van der Waals surface area contributed by atoms with Gasteiger partial charge in [0.2, 0.25) is 0 Å². The number of H-pyrrole nitrogens is 2. The zero-order chi connectivity index (χ0) is 28.5. The van der Waals surface area contributed by atoms with Crippen LogP contribution < -0.4 is 10.6 Å². The van der Waals surface area contributed by atoms with Crippen molar-refractivity contribution in [1.82, 2.24) is 30.6 Å². The fourth-order valence-corrected chi connectivity index (χ4v) is 8.74. The number of nitrogens with one attached hydrogen (secondary N) is 4. The second-order valence-electron chi connectivity index (χ2n) is 14.2. The topological polar surface area (TPSA) is 81.4 Å². The van der Waals surface area contributed by atoms with Crippen molar-refractivity contribution in [2.45, 2.75) is 83.2 Å². The first kappa shape index (κ1) is 26.0. The summed E-state index contributed by atoms with van der Waals surface area (Å²) in [7, 11) is 0. The van der Waals surface area contributed by atoms with E-state index in [1.165, 1.54) is 73.6 Å². The van der Waals surface area contributed by atoms with Crippen LogP contribution in [0.1, 0.15) is 93.1 Å². The van der Waals surface area contributed by atoms with E-state index >= 15 is 0 Å². The highest BCUT2D eigenvalue weighted by Gasteiger charge is 2.41. The molecule has 0 bridgehead atoms.